The fourth-order valence-electron chi connectivity index (χ4n) is 3.93. The fourth-order valence-corrected chi connectivity index (χ4v) is 4.11. The molecule has 6 nitrogen and oxygen atoms in total. The van der Waals surface area contributed by atoms with Gasteiger partial charge in [0.2, 0.25) is 6.23 Å². The summed E-state index contributed by atoms with van der Waals surface area (Å²) < 4.78 is 6.22. The largest absolute Gasteiger partial charge is 0.464 e. The van der Waals surface area contributed by atoms with Crippen molar-refractivity contribution in [3.05, 3.63) is 105 Å². The maximum absolute atomic E-state index is 11.6. The number of ether oxygens (including phenoxy) is 1. The van der Waals surface area contributed by atoms with Gasteiger partial charge in [-0.15, -0.1) is 0 Å². The van der Waals surface area contributed by atoms with Crippen LogP contribution in [0.2, 0.25) is 5.02 Å². The standard InChI is InChI=1S/C22H16ClN3O3/c23-15-10-11-21-17(12-15)20-13-18(14-6-2-1-3-7-14)24-25(20)22(29-21)16-8-4-5-9-19(16)26(27)28/h1-12,20,22H,13H2/t20-,22+/m1/s1. The number of halogens is 1. The molecule has 0 N–H and O–H groups in total. The third-order valence-electron chi connectivity index (χ3n) is 5.26. The molecule has 0 saturated carbocycles. The Labute approximate surface area is 172 Å². The van der Waals surface area contributed by atoms with Crippen molar-refractivity contribution in [1.82, 2.24) is 5.01 Å². The molecule has 144 valence electrons. The van der Waals surface area contributed by atoms with E-state index in [0.717, 1.165) is 16.8 Å². The van der Waals surface area contributed by atoms with E-state index < -0.39 is 6.23 Å². The number of benzene rings is 3. The van der Waals surface area contributed by atoms with Crippen LogP contribution in [0.25, 0.3) is 0 Å². The third-order valence-corrected chi connectivity index (χ3v) is 5.49. The summed E-state index contributed by atoms with van der Waals surface area (Å²) >= 11 is 6.24. The van der Waals surface area contributed by atoms with Gasteiger partial charge in [0.1, 0.15) is 5.75 Å². The highest BCUT2D eigenvalue weighted by Gasteiger charge is 2.43. The second-order valence-electron chi connectivity index (χ2n) is 6.98. The van der Waals surface area contributed by atoms with Gasteiger partial charge in [-0.25, -0.2) is 5.01 Å². The average Bonchev–Trinajstić information content (AvgIpc) is 3.20. The van der Waals surface area contributed by atoms with Crippen LogP contribution in [0.15, 0.2) is 77.9 Å². The molecular weight excluding hydrogens is 390 g/mol. The summed E-state index contributed by atoms with van der Waals surface area (Å²) in [4.78, 5) is 11.2. The minimum atomic E-state index is -0.698. The Kier molecular flexibility index (Phi) is 4.21. The second-order valence-corrected chi connectivity index (χ2v) is 7.42. The molecule has 5 rings (SSSR count). The lowest BCUT2D eigenvalue weighted by molar-refractivity contribution is -0.386. The van der Waals surface area contributed by atoms with E-state index in [4.69, 9.17) is 21.4 Å². The lowest BCUT2D eigenvalue weighted by Crippen LogP contribution is -2.34. The number of nitrogens with zero attached hydrogens (tertiary/aromatic N) is 3. The molecule has 7 heteroatoms. The molecule has 0 spiro atoms. The molecule has 2 heterocycles. The van der Waals surface area contributed by atoms with Crippen LogP contribution < -0.4 is 4.74 Å². The van der Waals surface area contributed by atoms with Gasteiger partial charge in [0.05, 0.1) is 22.2 Å². The highest BCUT2D eigenvalue weighted by molar-refractivity contribution is 6.30. The van der Waals surface area contributed by atoms with Crippen molar-refractivity contribution in [3.8, 4) is 5.75 Å². The minimum absolute atomic E-state index is 0.0111. The van der Waals surface area contributed by atoms with Crippen LogP contribution in [0.4, 0.5) is 5.69 Å². The van der Waals surface area contributed by atoms with Gasteiger partial charge in [-0.05, 0) is 29.8 Å². The molecular formula is C22H16ClN3O3. The summed E-state index contributed by atoms with van der Waals surface area (Å²) in [6.45, 7) is 0. The Hall–Kier alpha value is -3.38. The maximum atomic E-state index is 11.6. The van der Waals surface area contributed by atoms with E-state index in [1.807, 2.05) is 47.5 Å². The van der Waals surface area contributed by atoms with Gasteiger partial charge in [0.15, 0.2) is 0 Å². The van der Waals surface area contributed by atoms with E-state index in [0.29, 0.717) is 22.8 Å². The van der Waals surface area contributed by atoms with Crippen molar-refractivity contribution in [2.45, 2.75) is 18.7 Å². The van der Waals surface area contributed by atoms with Crippen LogP contribution >= 0.6 is 11.6 Å². The molecule has 0 amide bonds. The quantitative estimate of drug-likeness (QED) is 0.426. The number of fused-ring (bicyclic) bond motifs is 3. The van der Waals surface area contributed by atoms with Crippen molar-refractivity contribution < 1.29 is 9.66 Å². The van der Waals surface area contributed by atoms with Crippen molar-refractivity contribution in [2.24, 2.45) is 5.10 Å². The average molecular weight is 406 g/mol. The smallest absolute Gasteiger partial charge is 0.278 e. The van der Waals surface area contributed by atoms with Crippen LogP contribution in [0, 0.1) is 10.1 Å². The lowest BCUT2D eigenvalue weighted by Gasteiger charge is -2.38. The maximum Gasteiger partial charge on any atom is 0.278 e. The fraction of sp³-hybridized carbons (Fsp3) is 0.136. The number of nitro groups is 1. The molecule has 2 atom stereocenters. The molecule has 0 bridgehead atoms. The normalized spacial score (nSPS) is 19.8. The second kappa shape index (κ2) is 6.90. The topological polar surface area (TPSA) is 68.0 Å². The highest BCUT2D eigenvalue weighted by atomic mass is 35.5. The van der Waals surface area contributed by atoms with Crippen LogP contribution in [0.5, 0.6) is 5.75 Å². The van der Waals surface area contributed by atoms with Gasteiger partial charge in [-0.3, -0.25) is 10.1 Å². The third kappa shape index (κ3) is 3.02. The monoisotopic (exact) mass is 405 g/mol. The van der Waals surface area contributed by atoms with Crippen LogP contribution in [0.3, 0.4) is 0 Å². The molecule has 0 fully saturated rings. The summed E-state index contributed by atoms with van der Waals surface area (Å²) in [6.07, 6.45) is -0.0332. The summed E-state index contributed by atoms with van der Waals surface area (Å²) in [7, 11) is 0. The molecule has 3 aromatic rings. The predicted octanol–water partition coefficient (Wildman–Crippen LogP) is 5.49. The Balaban J connectivity index is 1.65. The van der Waals surface area contributed by atoms with Crippen molar-refractivity contribution >= 4 is 23.0 Å². The van der Waals surface area contributed by atoms with Gasteiger partial charge < -0.3 is 4.74 Å². The molecule has 0 saturated heterocycles. The van der Waals surface area contributed by atoms with Crippen LogP contribution in [-0.4, -0.2) is 15.6 Å². The molecule has 2 aliphatic rings. The zero-order valence-corrected chi connectivity index (χ0v) is 16.0. The molecule has 0 unspecified atom stereocenters. The molecule has 0 radical (unpaired) electrons. The summed E-state index contributed by atoms with van der Waals surface area (Å²) in [5.41, 5.74) is 3.35. The number of hydrogen-bond acceptors (Lipinski definition) is 5. The van der Waals surface area contributed by atoms with Gasteiger partial charge in [0.25, 0.3) is 5.69 Å². The van der Waals surface area contributed by atoms with Gasteiger partial charge in [0, 0.05) is 23.1 Å². The van der Waals surface area contributed by atoms with Crippen LogP contribution in [-0.2, 0) is 0 Å². The number of para-hydroxylation sites is 1. The molecule has 0 aromatic heterocycles. The van der Waals surface area contributed by atoms with E-state index >= 15 is 0 Å². The van der Waals surface area contributed by atoms with Crippen LogP contribution in [0.1, 0.15) is 35.4 Å². The zero-order chi connectivity index (χ0) is 20.0. The predicted molar refractivity (Wildman–Crippen MR) is 110 cm³/mol. The number of hydrazone groups is 1. The Bertz CT molecular complexity index is 1130. The summed E-state index contributed by atoms with van der Waals surface area (Å²) in [5, 5.41) is 18.9. The van der Waals surface area contributed by atoms with Gasteiger partial charge in [-0.2, -0.15) is 5.10 Å². The number of rotatable bonds is 3. The first-order chi connectivity index (χ1) is 14.1. The summed E-state index contributed by atoms with van der Waals surface area (Å²) in [6, 6.07) is 21.9. The van der Waals surface area contributed by atoms with E-state index in [-0.39, 0.29) is 16.7 Å². The summed E-state index contributed by atoms with van der Waals surface area (Å²) in [5.74, 6) is 0.670. The molecule has 3 aromatic carbocycles. The van der Waals surface area contributed by atoms with E-state index in [1.165, 1.54) is 6.07 Å². The van der Waals surface area contributed by atoms with Crippen molar-refractivity contribution in [1.29, 1.82) is 0 Å². The van der Waals surface area contributed by atoms with Crippen molar-refractivity contribution in [3.63, 3.8) is 0 Å². The zero-order valence-electron chi connectivity index (χ0n) is 15.2. The van der Waals surface area contributed by atoms with Crippen molar-refractivity contribution in [2.75, 3.05) is 0 Å². The first kappa shape index (κ1) is 17.7. The SMILES string of the molecule is O=[N+]([O-])c1ccccc1[C@@H]1Oc2ccc(Cl)cc2[C@H]2CC(c3ccccc3)=NN21. The van der Waals surface area contributed by atoms with E-state index in [9.17, 15) is 10.1 Å². The molecule has 0 aliphatic carbocycles. The number of hydrogen-bond donors (Lipinski definition) is 0. The molecule has 29 heavy (non-hydrogen) atoms. The van der Waals surface area contributed by atoms with E-state index in [2.05, 4.69) is 0 Å². The first-order valence-electron chi connectivity index (χ1n) is 9.22. The first-order valence-corrected chi connectivity index (χ1v) is 9.60. The Morgan fingerprint density at radius 3 is 2.59 bits per heavy atom. The lowest BCUT2D eigenvalue weighted by atomic mass is 9.95. The Morgan fingerprint density at radius 1 is 1.03 bits per heavy atom. The van der Waals surface area contributed by atoms with Gasteiger partial charge >= 0.3 is 0 Å². The number of nitro benzene ring substituents is 1. The minimum Gasteiger partial charge on any atom is -0.464 e. The van der Waals surface area contributed by atoms with Gasteiger partial charge in [-0.1, -0.05) is 54.1 Å². The highest BCUT2D eigenvalue weighted by Crippen LogP contribution is 2.49. The molecule has 2 aliphatic heterocycles. The Morgan fingerprint density at radius 2 is 1.79 bits per heavy atom. The van der Waals surface area contributed by atoms with E-state index in [1.54, 1.807) is 24.3 Å².